The molecule has 3 heteroatoms. The van der Waals surface area contributed by atoms with Gasteiger partial charge in [0.05, 0.1) is 19.3 Å². The van der Waals surface area contributed by atoms with E-state index in [-0.39, 0.29) is 0 Å². The number of ether oxygens (including phenoxy) is 2. The zero-order valence-corrected chi connectivity index (χ0v) is 12.7. The summed E-state index contributed by atoms with van der Waals surface area (Å²) in [6, 6.07) is 7.74. The molecular weight excluding hydrogens is 250 g/mol. The van der Waals surface area contributed by atoms with Gasteiger partial charge in [-0.15, -0.1) is 0 Å². The van der Waals surface area contributed by atoms with Gasteiger partial charge in [-0.3, -0.25) is 0 Å². The number of unbranched alkanes of at least 4 members (excludes halogenated alkanes) is 5. The largest absolute Gasteiger partial charge is 0.495 e. The van der Waals surface area contributed by atoms with Crippen molar-refractivity contribution in [1.29, 1.82) is 5.26 Å². The standard InChI is InChI=1S/C17H25NO2/c1-3-4-5-6-7-8-11-20-14-15-9-10-17(19-2)16(12-15)13-18/h9-10,12H,3-8,11,14H2,1-2H3. The molecule has 0 atom stereocenters. The second-order valence-corrected chi connectivity index (χ2v) is 4.97. The summed E-state index contributed by atoms with van der Waals surface area (Å²) >= 11 is 0. The molecule has 0 fully saturated rings. The number of nitrogens with zero attached hydrogens (tertiary/aromatic N) is 1. The Morgan fingerprint density at radius 3 is 2.55 bits per heavy atom. The molecule has 0 aliphatic carbocycles. The second kappa shape index (κ2) is 10.3. The molecule has 0 saturated carbocycles. The summed E-state index contributed by atoms with van der Waals surface area (Å²) < 4.78 is 10.8. The minimum atomic E-state index is 0.563. The van der Waals surface area contributed by atoms with E-state index in [9.17, 15) is 0 Å². The predicted molar refractivity (Wildman–Crippen MR) is 80.7 cm³/mol. The summed E-state index contributed by atoms with van der Waals surface area (Å²) in [6.45, 7) is 3.58. The van der Waals surface area contributed by atoms with Gasteiger partial charge in [0.2, 0.25) is 0 Å². The van der Waals surface area contributed by atoms with Crippen molar-refractivity contribution in [2.75, 3.05) is 13.7 Å². The van der Waals surface area contributed by atoms with Crippen LogP contribution in [0.15, 0.2) is 18.2 Å². The van der Waals surface area contributed by atoms with Crippen molar-refractivity contribution in [3.05, 3.63) is 29.3 Å². The Morgan fingerprint density at radius 2 is 1.85 bits per heavy atom. The lowest BCUT2D eigenvalue weighted by Crippen LogP contribution is -1.97. The highest BCUT2D eigenvalue weighted by Gasteiger charge is 2.03. The zero-order chi connectivity index (χ0) is 14.6. The molecule has 0 aliphatic rings. The zero-order valence-electron chi connectivity index (χ0n) is 12.7. The Balaban J connectivity index is 2.21. The molecule has 0 bridgehead atoms. The normalized spacial score (nSPS) is 10.2. The summed E-state index contributed by atoms with van der Waals surface area (Å²) in [5.41, 5.74) is 1.58. The van der Waals surface area contributed by atoms with Crippen LogP contribution in [0, 0.1) is 11.3 Å². The maximum Gasteiger partial charge on any atom is 0.136 e. The van der Waals surface area contributed by atoms with E-state index in [0.717, 1.165) is 18.6 Å². The summed E-state index contributed by atoms with van der Waals surface area (Å²) in [7, 11) is 1.57. The molecule has 0 unspecified atom stereocenters. The molecule has 0 amide bonds. The highest BCUT2D eigenvalue weighted by atomic mass is 16.5. The van der Waals surface area contributed by atoms with Gasteiger partial charge in [0.1, 0.15) is 11.8 Å². The Labute approximate surface area is 122 Å². The van der Waals surface area contributed by atoms with Crippen molar-refractivity contribution in [3.63, 3.8) is 0 Å². The Kier molecular flexibility index (Phi) is 8.49. The fourth-order valence-electron chi connectivity index (χ4n) is 2.11. The molecule has 3 nitrogen and oxygen atoms in total. The van der Waals surface area contributed by atoms with Gasteiger partial charge in [-0.1, -0.05) is 45.1 Å². The Hall–Kier alpha value is -1.53. The van der Waals surface area contributed by atoms with Gasteiger partial charge in [-0.05, 0) is 24.1 Å². The van der Waals surface area contributed by atoms with E-state index in [2.05, 4.69) is 13.0 Å². The van der Waals surface area contributed by atoms with E-state index < -0.39 is 0 Å². The van der Waals surface area contributed by atoms with Crippen molar-refractivity contribution in [3.8, 4) is 11.8 Å². The number of benzene rings is 1. The van der Waals surface area contributed by atoms with Crippen LogP contribution < -0.4 is 4.74 Å². The highest BCUT2D eigenvalue weighted by Crippen LogP contribution is 2.19. The molecule has 0 radical (unpaired) electrons. The molecule has 1 aromatic carbocycles. The van der Waals surface area contributed by atoms with Gasteiger partial charge in [-0.2, -0.15) is 5.26 Å². The Bertz CT molecular complexity index is 423. The SMILES string of the molecule is CCCCCCCCOCc1ccc(OC)c(C#N)c1. The lowest BCUT2D eigenvalue weighted by Gasteiger charge is -2.07. The van der Waals surface area contributed by atoms with Crippen molar-refractivity contribution < 1.29 is 9.47 Å². The lowest BCUT2D eigenvalue weighted by molar-refractivity contribution is 0.116. The molecule has 0 saturated heterocycles. The third-order valence-electron chi connectivity index (χ3n) is 3.30. The van der Waals surface area contributed by atoms with Crippen LogP contribution in [0.4, 0.5) is 0 Å². The first-order chi connectivity index (χ1) is 9.81. The van der Waals surface area contributed by atoms with Crippen LogP contribution >= 0.6 is 0 Å². The quantitative estimate of drug-likeness (QED) is 0.593. The van der Waals surface area contributed by atoms with Crippen molar-refractivity contribution in [1.82, 2.24) is 0 Å². The van der Waals surface area contributed by atoms with Crippen LogP contribution in [0.1, 0.15) is 56.6 Å². The van der Waals surface area contributed by atoms with Gasteiger partial charge >= 0.3 is 0 Å². The van der Waals surface area contributed by atoms with Gasteiger partial charge in [0, 0.05) is 6.61 Å². The average Bonchev–Trinajstić information content (AvgIpc) is 2.49. The molecule has 0 N–H and O–H groups in total. The van der Waals surface area contributed by atoms with E-state index in [1.165, 1.54) is 32.1 Å². The third kappa shape index (κ3) is 6.08. The van der Waals surface area contributed by atoms with Gasteiger partial charge in [-0.25, -0.2) is 0 Å². The smallest absolute Gasteiger partial charge is 0.136 e. The van der Waals surface area contributed by atoms with Crippen LogP contribution in [-0.2, 0) is 11.3 Å². The molecule has 0 heterocycles. The highest BCUT2D eigenvalue weighted by molar-refractivity contribution is 5.45. The topological polar surface area (TPSA) is 42.2 Å². The monoisotopic (exact) mass is 275 g/mol. The second-order valence-electron chi connectivity index (χ2n) is 4.97. The maximum absolute atomic E-state index is 9.02. The number of methoxy groups -OCH3 is 1. The molecule has 110 valence electrons. The van der Waals surface area contributed by atoms with Crippen molar-refractivity contribution >= 4 is 0 Å². The fourth-order valence-corrected chi connectivity index (χ4v) is 2.11. The number of rotatable bonds is 10. The van der Waals surface area contributed by atoms with Crippen LogP contribution in [0.2, 0.25) is 0 Å². The van der Waals surface area contributed by atoms with Gasteiger partial charge < -0.3 is 9.47 Å². The first kappa shape index (κ1) is 16.5. The van der Waals surface area contributed by atoms with Gasteiger partial charge in [0.25, 0.3) is 0 Å². The fraction of sp³-hybridized carbons (Fsp3) is 0.588. The number of hydrogen-bond acceptors (Lipinski definition) is 3. The lowest BCUT2D eigenvalue weighted by atomic mass is 10.1. The summed E-state index contributed by atoms with van der Waals surface area (Å²) in [5, 5.41) is 9.02. The molecule has 1 rings (SSSR count). The van der Waals surface area contributed by atoms with E-state index >= 15 is 0 Å². The molecule has 0 aliphatic heterocycles. The van der Waals surface area contributed by atoms with E-state index in [4.69, 9.17) is 14.7 Å². The molecule has 20 heavy (non-hydrogen) atoms. The molecular formula is C17H25NO2. The predicted octanol–water partition coefficient (Wildman–Crippen LogP) is 4.44. The number of hydrogen-bond donors (Lipinski definition) is 0. The first-order valence-electron chi connectivity index (χ1n) is 7.46. The summed E-state index contributed by atoms with van der Waals surface area (Å²) in [4.78, 5) is 0. The summed E-state index contributed by atoms with van der Waals surface area (Å²) in [5.74, 6) is 0.618. The molecule has 1 aromatic rings. The van der Waals surface area contributed by atoms with Crippen molar-refractivity contribution in [2.45, 2.75) is 52.1 Å². The van der Waals surface area contributed by atoms with Crippen molar-refractivity contribution in [2.24, 2.45) is 0 Å². The minimum absolute atomic E-state index is 0.563. The maximum atomic E-state index is 9.02. The van der Waals surface area contributed by atoms with E-state index in [0.29, 0.717) is 17.9 Å². The Morgan fingerprint density at radius 1 is 1.10 bits per heavy atom. The van der Waals surface area contributed by atoms with E-state index in [1.807, 2.05) is 18.2 Å². The molecule has 0 spiro atoms. The average molecular weight is 275 g/mol. The summed E-state index contributed by atoms with van der Waals surface area (Å²) in [6.07, 6.45) is 7.62. The van der Waals surface area contributed by atoms with Crippen LogP contribution in [0.3, 0.4) is 0 Å². The number of nitriles is 1. The van der Waals surface area contributed by atoms with Crippen LogP contribution in [0.5, 0.6) is 5.75 Å². The third-order valence-corrected chi connectivity index (χ3v) is 3.30. The minimum Gasteiger partial charge on any atom is -0.495 e. The first-order valence-corrected chi connectivity index (χ1v) is 7.46. The van der Waals surface area contributed by atoms with Crippen LogP contribution in [0.25, 0.3) is 0 Å². The van der Waals surface area contributed by atoms with E-state index in [1.54, 1.807) is 7.11 Å². The van der Waals surface area contributed by atoms with Crippen LogP contribution in [-0.4, -0.2) is 13.7 Å². The van der Waals surface area contributed by atoms with Gasteiger partial charge in [0.15, 0.2) is 0 Å². The molecule has 0 aromatic heterocycles.